The average Bonchev–Trinajstić information content (AvgIpc) is 2.51. The highest BCUT2D eigenvalue weighted by atomic mass is 35.5. The first kappa shape index (κ1) is 16.3. The number of rotatable bonds is 5. The van der Waals surface area contributed by atoms with Crippen molar-refractivity contribution in [3.8, 4) is 0 Å². The molecular weight excluding hydrogens is 284 g/mol. The van der Waals surface area contributed by atoms with Crippen LogP contribution in [-0.4, -0.2) is 41.9 Å². The Balaban J connectivity index is 1.83. The van der Waals surface area contributed by atoms with Crippen molar-refractivity contribution in [2.75, 3.05) is 26.2 Å². The lowest BCUT2D eigenvalue weighted by Gasteiger charge is -2.33. The Hall–Kier alpha value is -1.06. The number of hydrogen-bond donors (Lipinski definition) is 0. The predicted octanol–water partition coefficient (Wildman–Crippen LogP) is 3.42. The number of benzene rings is 1. The third-order valence-electron chi connectivity index (χ3n) is 4.33. The maximum atomic E-state index is 12.4. The van der Waals surface area contributed by atoms with Crippen LogP contribution in [0.5, 0.6) is 0 Å². The quantitative estimate of drug-likeness (QED) is 0.832. The summed E-state index contributed by atoms with van der Waals surface area (Å²) >= 11 is 5.91. The molecule has 2 rings (SSSR count). The van der Waals surface area contributed by atoms with Crippen molar-refractivity contribution >= 4 is 17.5 Å². The normalized spacial score (nSPS) is 16.9. The van der Waals surface area contributed by atoms with E-state index in [9.17, 15) is 4.79 Å². The summed E-state index contributed by atoms with van der Waals surface area (Å²) in [6.07, 6.45) is 1.95. The van der Waals surface area contributed by atoms with Crippen molar-refractivity contribution in [3.63, 3.8) is 0 Å². The number of nitrogens with zero attached hydrogens (tertiary/aromatic N) is 2. The number of piperidine rings is 1. The molecule has 0 N–H and O–H groups in total. The Morgan fingerprint density at radius 1 is 1.19 bits per heavy atom. The number of carbonyl (C=O) groups excluding carboxylic acids is 1. The lowest BCUT2D eigenvalue weighted by atomic mass is 9.95. The Morgan fingerprint density at radius 3 is 2.29 bits per heavy atom. The van der Waals surface area contributed by atoms with Crippen molar-refractivity contribution < 1.29 is 4.79 Å². The second-order valence-electron chi connectivity index (χ2n) is 5.69. The SMILES string of the molecule is CCN(CC)C(=O)C1CCN(Cc2ccc(Cl)cc2)CC1. The summed E-state index contributed by atoms with van der Waals surface area (Å²) in [5.74, 6) is 0.553. The molecule has 0 aliphatic carbocycles. The van der Waals surface area contributed by atoms with E-state index < -0.39 is 0 Å². The number of carbonyl (C=O) groups is 1. The maximum Gasteiger partial charge on any atom is 0.225 e. The van der Waals surface area contributed by atoms with Gasteiger partial charge in [-0.2, -0.15) is 0 Å². The summed E-state index contributed by atoms with van der Waals surface area (Å²) in [6.45, 7) is 8.69. The van der Waals surface area contributed by atoms with Gasteiger partial charge in [0.1, 0.15) is 0 Å². The van der Waals surface area contributed by atoms with E-state index in [-0.39, 0.29) is 5.92 Å². The minimum Gasteiger partial charge on any atom is -0.343 e. The summed E-state index contributed by atoms with van der Waals surface area (Å²) < 4.78 is 0. The van der Waals surface area contributed by atoms with E-state index in [1.165, 1.54) is 5.56 Å². The first-order valence-electron chi connectivity index (χ1n) is 7.89. The number of amides is 1. The molecule has 0 unspecified atom stereocenters. The molecule has 0 spiro atoms. The molecule has 1 aliphatic rings. The van der Waals surface area contributed by atoms with E-state index in [1.807, 2.05) is 17.0 Å². The van der Waals surface area contributed by atoms with Gasteiger partial charge in [0.2, 0.25) is 5.91 Å². The Bertz CT molecular complexity index is 448. The van der Waals surface area contributed by atoms with Crippen molar-refractivity contribution in [1.82, 2.24) is 9.80 Å². The van der Waals surface area contributed by atoms with Gasteiger partial charge in [0.05, 0.1) is 0 Å². The van der Waals surface area contributed by atoms with Gasteiger partial charge in [-0.1, -0.05) is 23.7 Å². The fourth-order valence-electron chi connectivity index (χ4n) is 2.98. The molecular formula is C17H25ClN2O. The minimum atomic E-state index is 0.214. The first-order chi connectivity index (χ1) is 10.1. The molecule has 3 nitrogen and oxygen atoms in total. The standard InChI is InChI=1S/C17H25ClN2O/c1-3-20(4-2)17(21)15-9-11-19(12-10-15)13-14-5-7-16(18)8-6-14/h5-8,15H,3-4,9-13H2,1-2H3. The van der Waals surface area contributed by atoms with E-state index >= 15 is 0 Å². The molecule has 1 saturated heterocycles. The second kappa shape index (κ2) is 7.81. The van der Waals surface area contributed by atoms with Crippen LogP contribution in [0.1, 0.15) is 32.3 Å². The van der Waals surface area contributed by atoms with Crippen molar-refractivity contribution in [2.45, 2.75) is 33.2 Å². The maximum absolute atomic E-state index is 12.4. The Kier molecular flexibility index (Phi) is 6.07. The molecule has 1 heterocycles. The zero-order valence-corrected chi connectivity index (χ0v) is 13.8. The largest absolute Gasteiger partial charge is 0.343 e. The van der Waals surface area contributed by atoms with Crippen LogP contribution in [-0.2, 0) is 11.3 Å². The zero-order chi connectivity index (χ0) is 15.2. The second-order valence-corrected chi connectivity index (χ2v) is 6.12. The summed E-state index contributed by atoms with van der Waals surface area (Å²) in [4.78, 5) is 16.7. The monoisotopic (exact) mass is 308 g/mol. The van der Waals surface area contributed by atoms with Crippen LogP contribution in [0.4, 0.5) is 0 Å². The molecule has 0 aromatic heterocycles. The van der Waals surface area contributed by atoms with Gasteiger partial charge in [0.15, 0.2) is 0 Å². The highest BCUT2D eigenvalue weighted by Crippen LogP contribution is 2.21. The molecule has 1 aliphatic heterocycles. The van der Waals surface area contributed by atoms with Gasteiger partial charge >= 0.3 is 0 Å². The van der Waals surface area contributed by atoms with Gasteiger partial charge in [0, 0.05) is 30.6 Å². The lowest BCUT2D eigenvalue weighted by molar-refractivity contribution is -0.136. The van der Waals surface area contributed by atoms with Crippen molar-refractivity contribution in [1.29, 1.82) is 0 Å². The molecule has 1 amide bonds. The van der Waals surface area contributed by atoms with Crippen LogP contribution < -0.4 is 0 Å². The summed E-state index contributed by atoms with van der Waals surface area (Å²) in [5.41, 5.74) is 1.29. The van der Waals surface area contributed by atoms with Gasteiger partial charge < -0.3 is 4.90 Å². The third kappa shape index (κ3) is 4.45. The summed E-state index contributed by atoms with van der Waals surface area (Å²) in [7, 11) is 0. The molecule has 1 fully saturated rings. The van der Waals surface area contributed by atoms with Crippen LogP contribution in [0.25, 0.3) is 0 Å². The van der Waals surface area contributed by atoms with Crippen molar-refractivity contribution in [3.05, 3.63) is 34.9 Å². The lowest BCUT2D eigenvalue weighted by Crippen LogP contribution is -2.42. The zero-order valence-electron chi connectivity index (χ0n) is 13.0. The van der Waals surface area contributed by atoms with Crippen LogP contribution in [0.3, 0.4) is 0 Å². The van der Waals surface area contributed by atoms with Gasteiger partial charge in [-0.25, -0.2) is 0 Å². The van der Waals surface area contributed by atoms with E-state index in [0.29, 0.717) is 5.91 Å². The van der Waals surface area contributed by atoms with Gasteiger partial charge in [-0.15, -0.1) is 0 Å². The molecule has 4 heteroatoms. The van der Waals surface area contributed by atoms with Gasteiger partial charge in [-0.3, -0.25) is 9.69 Å². The summed E-state index contributed by atoms with van der Waals surface area (Å²) in [6, 6.07) is 8.03. The van der Waals surface area contributed by atoms with Crippen molar-refractivity contribution in [2.24, 2.45) is 5.92 Å². The number of hydrogen-bond acceptors (Lipinski definition) is 2. The molecule has 0 bridgehead atoms. The van der Waals surface area contributed by atoms with E-state index in [4.69, 9.17) is 11.6 Å². The molecule has 0 atom stereocenters. The van der Waals surface area contributed by atoms with Crippen LogP contribution in [0.15, 0.2) is 24.3 Å². The van der Waals surface area contributed by atoms with E-state index in [0.717, 1.165) is 50.6 Å². The molecule has 116 valence electrons. The Labute approximate surface area is 132 Å². The van der Waals surface area contributed by atoms with Crippen LogP contribution in [0.2, 0.25) is 5.02 Å². The van der Waals surface area contributed by atoms with Crippen LogP contribution in [0, 0.1) is 5.92 Å². The fraction of sp³-hybridized carbons (Fsp3) is 0.588. The third-order valence-corrected chi connectivity index (χ3v) is 4.58. The van der Waals surface area contributed by atoms with Gasteiger partial charge in [0.25, 0.3) is 0 Å². The highest BCUT2D eigenvalue weighted by molar-refractivity contribution is 6.30. The highest BCUT2D eigenvalue weighted by Gasteiger charge is 2.27. The molecule has 21 heavy (non-hydrogen) atoms. The molecule has 0 radical (unpaired) electrons. The Morgan fingerprint density at radius 2 is 1.76 bits per heavy atom. The van der Waals surface area contributed by atoms with E-state index in [2.05, 4.69) is 30.9 Å². The fourth-order valence-corrected chi connectivity index (χ4v) is 3.11. The summed E-state index contributed by atoms with van der Waals surface area (Å²) in [5, 5.41) is 0.780. The molecule has 1 aromatic carbocycles. The number of likely N-dealkylation sites (tertiary alicyclic amines) is 1. The average molecular weight is 309 g/mol. The molecule has 1 aromatic rings. The topological polar surface area (TPSA) is 23.6 Å². The predicted molar refractivity (Wildman–Crippen MR) is 87.4 cm³/mol. The van der Waals surface area contributed by atoms with Crippen LogP contribution >= 0.6 is 11.6 Å². The smallest absolute Gasteiger partial charge is 0.225 e. The minimum absolute atomic E-state index is 0.214. The number of halogens is 1. The van der Waals surface area contributed by atoms with Gasteiger partial charge in [-0.05, 0) is 57.5 Å². The first-order valence-corrected chi connectivity index (χ1v) is 8.27. The molecule has 0 saturated carbocycles. The van der Waals surface area contributed by atoms with E-state index in [1.54, 1.807) is 0 Å².